The first-order valence-electron chi connectivity index (χ1n) is 10.0. The number of hydrogen-bond acceptors (Lipinski definition) is 7. The molecule has 164 valence electrons. The molecule has 7 nitrogen and oxygen atoms in total. The SMILES string of the molecule is CCOP(C)(=O)C(Cc1noc(C2(c3ccc(Br)cc3)CC2)n1)C(=O)OC(C)(C)C. The largest absolute Gasteiger partial charge is 0.459 e. The van der Waals surface area contributed by atoms with Crippen molar-refractivity contribution in [1.82, 2.24) is 10.1 Å². The van der Waals surface area contributed by atoms with Crippen LogP contribution < -0.4 is 0 Å². The summed E-state index contributed by atoms with van der Waals surface area (Å²) < 4.78 is 30.6. The standard InChI is InChI=1S/C21H28BrN2O5P/c1-6-27-30(5,26)16(18(25)28-20(2,3)4)13-17-23-19(29-24-17)21(11-12-21)14-7-9-15(22)10-8-14/h7-10,16H,6,11-13H2,1-5H3. The highest BCUT2D eigenvalue weighted by atomic mass is 79.9. The molecule has 30 heavy (non-hydrogen) atoms. The fourth-order valence-corrected chi connectivity index (χ4v) is 5.27. The van der Waals surface area contributed by atoms with E-state index in [-0.39, 0.29) is 18.4 Å². The molecule has 0 bridgehead atoms. The number of hydrogen-bond donors (Lipinski definition) is 0. The summed E-state index contributed by atoms with van der Waals surface area (Å²) in [5, 5.41) is 4.08. The van der Waals surface area contributed by atoms with E-state index in [0.29, 0.717) is 11.7 Å². The number of aromatic nitrogens is 2. The maximum atomic E-state index is 13.1. The average molecular weight is 499 g/mol. The van der Waals surface area contributed by atoms with Crippen LogP contribution in [-0.4, -0.2) is 40.6 Å². The van der Waals surface area contributed by atoms with Gasteiger partial charge < -0.3 is 13.8 Å². The first-order chi connectivity index (χ1) is 14.0. The number of esters is 1. The minimum atomic E-state index is -3.29. The third kappa shape index (κ3) is 5.21. The number of carbonyl (C=O) groups is 1. The molecule has 2 aromatic rings. The fourth-order valence-electron chi connectivity index (χ4n) is 3.38. The minimum Gasteiger partial charge on any atom is -0.459 e. The van der Waals surface area contributed by atoms with Crippen LogP contribution in [0.25, 0.3) is 0 Å². The first-order valence-corrected chi connectivity index (χ1v) is 12.9. The van der Waals surface area contributed by atoms with Crippen molar-refractivity contribution in [3.8, 4) is 0 Å². The monoisotopic (exact) mass is 498 g/mol. The van der Waals surface area contributed by atoms with Crippen molar-refractivity contribution in [2.75, 3.05) is 13.3 Å². The molecule has 3 rings (SSSR count). The van der Waals surface area contributed by atoms with Crippen LogP contribution in [0.3, 0.4) is 0 Å². The van der Waals surface area contributed by atoms with Crippen LogP contribution in [0.5, 0.6) is 0 Å². The highest BCUT2D eigenvalue weighted by Gasteiger charge is 2.51. The van der Waals surface area contributed by atoms with Crippen LogP contribution in [0.2, 0.25) is 0 Å². The summed E-state index contributed by atoms with van der Waals surface area (Å²) in [6.07, 6.45) is 1.86. The molecule has 9 heteroatoms. The topological polar surface area (TPSA) is 91.5 Å². The molecule has 2 unspecified atom stereocenters. The molecular formula is C21H28BrN2O5P. The Kier molecular flexibility index (Phi) is 6.61. The van der Waals surface area contributed by atoms with Crippen LogP contribution >= 0.6 is 23.3 Å². The Hall–Kier alpha value is -1.50. The van der Waals surface area contributed by atoms with E-state index in [2.05, 4.69) is 26.1 Å². The lowest BCUT2D eigenvalue weighted by Crippen LogP contribution is -2.33. The van der Waals surface area contributed by atoms with Gasteiger partial charge in [-0.25, -0.2) is 0 Å². The van der Waals surface area contributed by atoms with Gasteiger partial charge in [-0.2, -0.15) is 4.98 Å². The molecule has 2 atom stereocenters. The third-order valence-electron chi connectivity index (χ3n) is 5.03. The third-order valence-corrected chi connectivity index (χ3v) is 7.86. The summed E-state index contributed by atoms with van der Waals surface area (Å²) in [6, 6.07) is 8.06. The zero-order chi connectivity index (χ0) is 22.2. The number of carbonyl (C=O) groups excluding carboxylic acids is 1. The fraction of sp³-hybridized carbons (Fsp3) is 0.571. The predicted molar refractivity (Wildman–Crippen MR) is 117 cm³/mol. The quantitative estimate of drug-likeness (QED) is 0.368. The van der Waals surface area contributed by atoms with E-state index in [1.54, 1.807) is 27.7 Å². The Morgan fingerprint density at radius 1 is 1.30 bits per heavy atom. The van der Waals surface area contributed by atoms with E-state index in [9.17, 15) is 9.36 Å². The van der Waals surface area contributed by atoms with Gasteiger partial charge in [0, 0.05) is 17.6 Å². The Bertz CT molecular complexity index is 947. The highest BCUT2D eigenvalue weighted by Crippen LogP contribution is 2.53. The molecule has 0 aliphatic heterocycles. The zero-order valence-corrected chi connectivity index (χ0v) is 20.5. The lowest BCUT2D eigenvalue weighted by atomic mass is 9.96. The van der Waals surface area contributed by atoms with E-state index >= 15 is 0 Å². The van der Waals surface area contributed by atoms with Crippen LogP contribution in [0.1, 0.15) is 57.8 Å². The van der Waals surface area contributed by atoms with E-state index in [1.807, 2.05) is 24.3 Å². The summed E-state index contributed by atoms with van der Waals surface area (Å²) in [5.41, 5.74) is -0.877. The highest BCUT2D eigenvalue weighted by molar-refractivity contribution is 9.10. The first kappa shape index (κ1) is 23.2. The number of rotatable bonds is 8. The van der Waals surface area contributed by atoms with Crippen molar-refractivity contribution < 1.29 is 23.1 Å². The Balaban J connectivity index is 1.84. The second-order valence-corrected chi connectivity index (χ2v) is 12.3. The molecule has 1 heterocycles. The van der Waals surface area contributed by atoms with Gasteiger partial charge in [0.25, 0.3) is 0 Å². The Labute approximate surface area is 185 Å². The van der Waals surface area contributed by atoms with Crippen molar-refractivity contribution >= 4 is 29.3 Å². The molecule has 1 aliphatic rings. The van der Waals surface area contributed by atoms with Gasteiger partial charge in [0.2, 0.25) is 13.3 Å². The summed E-state index contributed by atoms with van der Waals surface area (Å²) in [7, 11) is -3.29. The maximum absolute atomic E-state index is 13.1. The van der Waals surface area contributed by atoms with Gasteiger partial charge in [0.1, 0.15) is 11.3 Å². The van der Waals surface area contributed by atoms with Gasteiger partial charge in [0.15, 0.2) is 5.82 Å². The predicted octanol–water partition coefficient (Wildman–Crippen LogP) is 5.11. The number of halogens is 1. The number of nitrogens with zero attached hydrogens (tertiary/aromatic N) is 2. The van der Waals surface area contributed by atoms with Gasteiger partial charge in [0.05, 0.1) is 12.0 Å². The van der Waals surface area contributed by atoms with Crippen LogP contribution in [0, 0.1) is 0 Å². The van der Waals surface area contributed by atoms with Crippen molar-refractivity contribution in [3.63, 3.8) is 0 Å². The zero-order valence-electron chi connectivity index (χ0n) is 18.0. The molecule has 0 spiro atoms. The average Bonchev–Trinajstić information content (AvgIpc) is 3.30. The molecule has 0 N–H and O–H groups in total. The van der Waals surface area contributed by atoms with Gasteiger partial charge in [-0.05, 0) is 58.2 Å². The van der Waals surface area contributed by atoms with Crippen molar-refractivity contribution in [2.24, 2.45) is 0 Å². The number of benzene rings is 1. The summed E-state index contributed by atoms with van der Waals surface area (Å²) in [5.74, 6) is 0.262. The second kappa shape index (κ2) is 8.56. The van der Waals surface area contributed by atoms with Crippen LogP contribution in [-0.2, 0) is 30.5 Å². The van der Waals surface area contributed by atoms with Crippen LogP contribution in [0.15, 0.2) is 33.3 Å². The molecule has 1 aliphatic carbocycles. The maximum Gasteiger partial charge on any atom is 0.319 e. The van der Waals surface area contributed by atoms with Crippen molar-refractivity contribution in [1.29, 1.82) is 0 Å². The van der Waals surface area contributed by atoms with E-state index in [4.69, 9.17) is 13.8 Å². The lowest BCUT2D eigenvalue weighted by molar-refractivity contribution is -0.154. The molecule has 0 saturated heterocycles. The van der Waals surface area contributed by atoms with Crippen molar-refractivity contribution in [2.45, 2.75) is 63.6 Å². The summed E-state index contributed by atoms with van der Waals surface area (Å²) in [6.45, 7) is 8.73. The minimum absolute atomic E-state index is 0.0304. The normalized spacial score (nSPS) is 18.5. The molecule has 1 aromatic heterocycles. The van der Waals surface area contributed by atoms with E-state index in [0.717, 1.165) is 22.9 Å². The molecule has 1 aromatic carbocycles. The van der Waals surface area contributed by atoms with Crippen LogP contribution in [0.4, 0.5) is 0 Å². The summed E-state index contributed by atoms with van der Waals surface area (Å²) in [4.78, 5) is 17.4. The Morgan fingerprint density at radius 3 is 2.47 bits per heavy atom. The lowest BCUT2D eigenvalue weighted by Gasteiger charge is -2.26. The van der Waals surface area contributed by atoms with Gasteiger partial charge in [-0.3, -0.25) is 9.36 Å². The van der Waals surface area contributed by atoms with E-state index in [1.165, 1.54) is 6.66 Å². The molecule has 0 radical (unpaired) electrons. The van der Waals surface area contributed by atoms with Crippen molar-refractivity contribution in [3.05, 3.63) is 46.0 Å². The Morgan fingerprint density at radius 2 is 1.93 bits per heavy atom. The molecule has 0 amide bonds. The molecule has 1 fully saturated rings. The molecular weight excluding hydrogens is 471 g/mol. The number of ether oxygens (including phenoxy) is 1. The summed E-state index contributed by atoms with van der Waals surface area (Å²) >= 11 is 3.45. The van der Waals surface area contributed by atoms with E-state index < -0.39 is 24.6 Å². The van der Waals surface area contributed by atoms with Gasteiger partial charge in [-0.15, -0.1) is 0 Å². The second-order valence-electron chi connectivity index (χ2n) is 8.68. The molecule has 1 saturated carbocycles. The van der Waals surface area contributed by atoms with Gasteiger partial charge >= 0.3 is 5.97 Å². The van der Waals surface area contributed by atoms with Gasteiger partial charge in [-0.1, -0.05) is 33.2 Å². The smallest absolute Gasteiger partial charge is 0.319 e.